The molecule has 1 aromatic carbocycles. The van der Waals surface area contributed by atoms with Gasteiger partial charge >= 0.3 is 6.18 Å². The first-order chi connectivity index (χ1) is 7.36. The Morgan fingerprint density at radius 1 is 1.19 bits per heavy atom. The monoisotopic (exact) mass is 250 g/mol. The molecule has 90 valence electrons. The Morgan fingerprint density at radius 2 is 1.75 bits per heavy atom. The third kappa shape index (κ3) is 3.14. The lowest BCUT2D eigenvalue weighted by Gasteiger charge is -2.17. The Morgan fingerprint density at radius 3 is 2.19 bits per heavy atom. The summed E-state index contributed by atoms with van der Waals surface area (Å²) in [6.45, 7) is 3.79. The summed E-state index contributed by atoms with van der Waals surface area (Å²) in [6, 6.07) is 4.59. The summed E-state index contributed by atoms with van der Waals surface area (Å²) in [4.78, 5) is 0. The van der Waals surface area contributed by atoms with Crippen molar-refractivity contribution in [3.63, 3.8) is 0 Å². The van der Waals surface area contributed by atoms with Crippen LogP contribution in [-0.4, -0.2) is 0 Å². The highest BCUT2D eigenvalue weighted by atomic mass is 35.5. The highest BCUT2D eigenvalue weighted by Crippen LogP contribution is 2.36. The number of hydrogen-bond acceptors (Lipinski definition) is 0. The Balaban J connectivity index is 3.26. The van der Waals surface area contributed by atoms with E-state index in [9.17, 15) is 13.2 Å². The second kappa shape index (κ2) is 5.09. The van der Waals surface area contributed by atoms with Crippen molar-refractivity contribution in [2.24, 2.45) is 5.92 Å². The van der Waals surface area contributed by atoms with E-state index in [1.54, 1.807) is 6.07 Å². The molecular formula is C12H14ClF3. The number of benzene rings is 1. The van der Waals surface area contributed by atoms with Crippen molar-refractivity contribution in [2.45, 2.75) is 32.3 Å². The van der Waals surface area contributed by atoms with Crippen molar-refractivity contribution in [3.8, 4) is 0 Å². The fraction of sp³-hybridized carbons (Fsp3) is 0.500. The van der Waals surface area contributed by atoms with Gasteiger partial charge in [0.1, 0.15) is 0 Å². The Bertz CT molecular complexity index is 356. The van der Waals surface area contributed by atoms with Crippen LogP contribution < -0.4 is 0 Å². The van der Waals surface area contributed by atoms with Crippen LogP contribution in [0.25, 0.3) is 0 Å². The summed E-state index contributed by atoms with van der Waals surface area (Å²) < 4.78 is 38.7. The van der Waals surface area contributed by atoms with Gasteiger partial charge in [-0.3, -0.25) is 0 Å². The lowest BCUT2D eigenvalue weighted by atomic mass is 9.94. The zero-order valence-corrected chi connectivity index (χ0v) is 9.99. The molecule has 0 saturated carbocycles. The maximum atomic E-state index is 12.9. The summed E-state index contributed by atoms with van der Waals surface area (Å²) in [7, 11) is 0. The van der Waals surface area contributed by atoms with E-state index in [-0.39, 0.29) is 17.4 Å². The average molecular weight is 251 g/mol. The van der Waals surface area contributed by atoms with E-state index in [0.717, 1.165) is 0 Å². The molecule has 0 saturated heterocycles. The molecule has 0 amide bonds. The Hall–Kier alpha value is -0.700. The highest BCUT2D eigenvalue weighted by Gasteiger charge is 2.35. The molecular weight excluding hydrogens is 237 g/mol. The van der Waals surface area contributed by atoms with Gasteiger partial charge in [-0.1, -0.05) is 32.0 Å². The lowest BCUT2D eigenvalue weighted by Crippen LogP contribution is -2.13. The van der Waals surface area contributed by atoms with Gasteiger partial charge in [0.05, 0.1) is 5.56 Å². The van der Waals surface area contributed by atoms with Gasteiger partial charge in [0.15, 0.2) is 0 Å². The maximum absolute atomic E-state index is 12.9. The Kier molecular flexibility index (Phi) is 4.25. The van der Waals surface area contributed by atoms with Crippen LogP contribution in [0.1, 0.15) is 30.5 Å². The van der Waals surface area contributed by atoms with Crippen molar-refractivity contribution in [3.05, 3.63) is 34.9 Å². The van der Waals surface area contributed by atoms with Crippen LogP contribution in [0.3, 0.4) is 0 Å². The predicted molar refractivity (Wildman–Crippen MR) is 59.5 cm³/mol. The summed E-state index contributed by atoms with van der Waals surface area (Å²) in [5.74, 6) is 0.0764. The van der Waals surface area contributed by atoms with E-state index in [0.29, 0.717) is 12.0 Å². The first-order valence-electron chi connectivity index (χ1n) is 5.10. The summed E-state index contributed by atoms with van der Waals surface area (Å²) in [5.41, 5.74) is -0.0633. The number of rotatable bonds is 3. The molecule has 0 aliphatic rings. The standard InChI is InChI=1S/C12H14ClF3/c1-8(2)6-9-4-3-5-10(7-13)11(9)12(14,15)16/h3-5,8H,6-7H2,1-2H3. The van der Waals surface area contributed by atoms with E-state index in [2.05, 4.69) is 0 Å². The number of halogens is 4. The highest BCUT2D eigenvalue weighted by molar-refractivity contribution is 6.17. The average Bonchev–Trinajstić information content (AvgIpc) is 2.14. The van der Waals surface area contributed by atoms with E-state index in [1.807, 2.05) is 13.8 Å². The molecule has 0 nitrogen and oxygen atoms in total. The molecule has 0 bridgehead atoms. The van der Waals surface area contributed by atoms with Gasteiger partial charge in [-0.2, -0.15) is 13.2 Å². The molecule has 0 aromatic heterocycles. The molecule has 16 heavy (non-hydrogen) atoms. The van der Waals surface area contributed by atoms with Gasteiger partial charge in [0.2, 0.25) is 0 Å². The molecule has 0 aliphatic heterocycles. The number of alkyl halides is 4. The molecule has 0 N–H and O–H groups in total. The van der Waals surface area contributed by atoms with Crippen molar-refractivity contribution in [1.29, 1.82) is 0 Å². The quantitative estimate of drug-likeness (QED) is 0.686. The molecule has 0 radical (unpaired) electrons. The fourth-order valence-corrected chi connectivity index (χ4v) is 1.96. The van der Waals surface area contributed by atoms with Crippen molar-refractivity contribution >= 4 is 11.6 Å². The van der Waals surface area contributed by atoms with Gasteiger partial charge in [-0.05, 0) is 23.5 Å². The molecule has 0 atom stereocenters. The molecule has 0 unspecified atom stereocenters. The zero-order valence-electron chi connectivity index (χ0n) is 9.24. The minimum Gasteiger partial charge on any atom is -0.166 e. The van der Waals surface area contributed by atoms with Crippen LogP contribution in [0.5, 0.6) is 0 Å². The third-order valence-corrected chi connectivity index (χ3v) is 2.58. The molecule has 1 rings (SSSR count). The minimum atomic E-state index is -4.32. The molecule has 1 aromatic rings. The first-order valence-corrected chi connectivity index (χ1v) is 5.63. The van der Waals surface area contributed by atoms with Crippen LogP contribution in [0.2, 0.25) is 0 Å². The van der Waals surface area contributed by atoms with E-state index >= 15 is 0 Å². The molecule has 0 heterocycles. The molecule has 0 fully saturated rings. The molecule has 4 heteroatoms. The summed E-state index contributed by atoms with van der Waals surface area (Å²) >= 11 is 5.55. The zero-order chi connectivity index (χ0) is 12.3. The summed E-state index contributed by atoms with van der Waals surface area (Å²) in [6.07, 6.45) is -3.91. The van der Waals surface area contributed by atoms with Gasteiger partial charge in [0.25, 0.3) is 0 Å². The van der Waals surface area contributed by atoms with E-state index in [4.69, 9.17) is 11.6 Å². The van der Waals surface area contributed by atoms with Gasteiger partial charge in [-0.15, -0.1) is 11.6 Å². The van der Waals surface area contributed by atoms with Crippen LogP contribution in [0, 0.1) is 5.92 Å². The topological polar surface area (TPSA) is 0 Å². The smallest absolute Gasteiger partial charge is 0.166 e. The lowest BCUT2D eigenvalue weighted by molar-refractivity contribution is -0.138. The maximum Gasteiger partial charge on any atom is 0.416 e. The number of hydrogen-bond donors (Lipinski definition) is 0. The largest absolute Gasteiger partial charge is 0.416 e. The Labute approximate surface area is 98.4 Å². The fourth-order valence-electron chi connectivity index (χ4n) is 1.74. The van der Waals surface area contributed by atoms with Crippen molar-refractivity contribution in [1.82, 2.24) is 0 Å². The SMILES string of the molecule is CC(C)Cc1cccc(CCl)c1C(F)(F)F. The van der Waals surface area contributed by atoms with Crippen molar-refractivity contribution < 1.29 is 13.2 Å². The van der Waals surface area contributed by atoms with Gasteiger partial charge in [-0.25, -0.2) is 0 Å². The summed E-state index contributed by atoms with van der Waals surface area (Å²) in [5, 5.41) is 0. The van der Waals surface area contributed by atoms with Gasteiger partial charge in [0, 0.05) is 5.88 Å². The minimum absolute atomic E-state index is 0.110. The second-order valence-electron chi connectivity index (χ2n) is 4.18. The van der Waals surface area contributed by atoms with Crippen LogP contribution in [0.4, 0.5) is 13.2 Å². The van der Waals surface area contributed by atoms with Gasteiger partial charge < -0.3 is 0 Å². The first kappa shape index (κ1) is 13.4. The van der Waals surface area contributed by atoms with Crippen LogP contribution >= 0.6 is 11.6 Å². The molecule has 0 aliphatic carbocycles. The van der Waals surface area contributed by atoms with E-state index < -0.39 is 11.7 Å². The van der Waals surface area contributed by atoms with Crippen LogP contribution in [-0.2, 0) is 18.5 Å². The van der Waals surface area contributed by atoms with Crippen molar-refractivity contribution in [2.75, 3.05) is 0 Å². The molecule has 0 spiro atoms. The predicted octanol–water partition coefficient (Wildman–Crippen LogP) is 4.64. The third-order valence-electron chi connectivity index (χ3n) is 2.29. The van der Waals surface area contributed by atoms with E-state index in [1.165, 1.54) is 12.1 Å². The normalized spacial score (nSPS) is 12.2. The second-order valence-corrected chi connectivity index (χ2v) is 4.45. The van der Waals surface area contributed by atoms with Crippen LogP contribution in [0.15, 0.2) is 18.2 Å².